The number of carbonyl (C=O) groups excluding carboxylic acids is 3. The smallest absolute Gasteiger partial charge is 0.436 e. The first-order valence-corrected chi connectivity index (χ1v) is 14.0. The third-order valence-corrected chi connectivity index (χ3v) is 6.88. The fourth-order valence-corrected chi connectivity index (χ4v) is 4.76. The maximum atomic E-state index is 12.5. The number of amidine groups is 1. The molecule has 3 rings (SSSR count). The molecule has 2 aromatic rings. The molecule has 4 N–H and O–H groups in total. The van der Waals surface area contributed by atoms with Crippen LogP contribution in [0.3, 0.4) is 0 Å². The number of esters is 1. The molecular weight excluding hydrogens is 558 g/mol. The van der Waals surface area contributed by atoms with Crippen molar-refractivity contribution < 1.29 is 41.5 Å². The lowest BCUT2D eigenvalue weighted by atomic mass is 10.0. The number of amides is 2. The highest BCUT2D eigenvalue weighted by Gasteiger charge is 2.30. The Kier molecular flexibility index (Phi) is 9.88. The van der Waals surface area contributed by atoms with E-state index >= 15 is 0 Å². The molecule has 15 heteroatoms. The van der Waals surface area contributed by atoms with Crippen LogP contribution < -0.4 is 15.8 Å². The van der Waals surface area contributed by atoms with Crippen LogP contribution in [0.1, 0.15) is 50.5 Å². The van der Waals surface area contributed by atoms with Gasteiger partial charge in [0.05, 0.1) is 19.2 Å². The van der Waals surface area contributed by atoms with E-state index in [1.807, 2.05) is 0 Å². The quantitative estimate of drug-likeness (QED) is 0.208. The zero-order valence-electron chi connectivity index (χ0n) is 23.3. The highest BCUT2D eigenvalue weighted by molar-refractivity contribution is 7.89. The molecule has 2 atom stereocenters. The third kappa shape index (κ3) is 9.14. The van der Waals surface area contributed by atoms with Crippen LogP contribution in [0.25, 0.3) is 0 Å². The first-order valence-electron chi connectivity index (χ1n) is 12.5. The van der Waals surface area contributed by atoms with E-state index in [1.165, 1.54) is 12.1 Å². The van der Waals surface area contributed by atoms with Gasteiger partial charge in [-0.15, -0.1) is 0 Å². The number of hydrogen-bond donors (Lipinski definition) is 3. The van der Waals surface area contributed by atoms with E-state index in [9.17, 15) is 22.8 Å². The van der Waals surface area contributed by atoms with Gasteiger partial charge in [0.1, 0.15) is 29.3 Å². The zero-order valence-corrected chi connectivity index (χ0v) is 24.1. The number of sulfonamides is 1. The Morgan fingerprint density at radius 3 is 2.44 bits per heavy atom. The Hall–Kier alpha value is -4.24. The topological polar surface area (TPSA) is 201 Å². The molecule has 1 aromatic heterocycles. The fourth-order valence-electron chi connectivity index (χ4n) is 3.60. The van der Waals surface area contributed by atoms with Gasteiger partial charge in [-0.2, -0.15) is 9.71 Å². The first kappa shape index (κ1) is 31.3. The van der Waals surface area contributed by atoms with Crippen molar-refractivity contribution in [1.29, 1.82) is 0 Å². The molecule has 0 aliphatic carbocycles. The molecule has 14 nitrogen and oxygen atoms in total. The van der Waals surface area contributed by atoms with Crippen molar-refractivity contribution in [3.63, 3.8) is 0 Å². The lowest BCUT2D eigenvalue weighted by Gasteiger charge is -2.17. The zero-order chi connectivity index (χ0) is 30.4. The second kappa shape index (κ2) is 13.0. The van der Waals surface area contributed by atoms with Crippen LogP contribution in [0.2, 0.25) is 0 Å². The van der Waals surface area contributed by atoms with Gasteiger partial charge < -0.3 is 29.8 Å². The summed E-state index contributed by atoms with van der Waals surface area (Å²) in [5, 5.41) is 6.19. The Morgan fingerprint density at radius 2 is 1.85 bits per heavy atom. The summed E-state index contributed by atoms with van der Waals surface area (Å²) in [6, 6.07) is 8.11. The van der Waals surface area contributed by atoms with Crippen LogP contribution in [0.5, 0.6) is 0 Å². The van der Waals surface area contributed by atoms with Crippen LogP contribution in [0.4, 0.5) is 4.79 Å². The lowest BCUT2D eigenvalue weighted by Crippen LogP contribution is -2.49. The number of aliphatic imine (C=N–C) groups is 1. The molecule has 2 amide bonds. The predicted octanol–water partition coefficient (Wildman–Crippen LogP) is 1.75. The van der Waals surface area contributed by atoms with Gasteiger partial charge in [-0.25, -0.2) is 13.2 Å². The van der Waals surface area contributed by atoms with Crippen molar-refractivity contribution in [3.05, 3.63) is 53.3 Å². The van der Waals surface area contributed by atoms with Crippen molar-refractivity contribution >= 4 is 39.5 Å². The van der Waals surface area contributed by atoms with E-state index in [0.29, 0.717) is 23.5 Å². The summed E-state index contributed by atoms with van der Waals surface area (Å²) >= 11 is 0. The normalized spacial score (nSPS) is 16.4. The van der Waals surface area contributed by atoms with E-state index in [1.54, 1.807) is 52.0 Å². The predicted molar refractivity (Wildman–Crippen MR) is 147 cm³/mol. The molecule has 1 aliphatic heterocycles. The second-order valence-electron chi connectivity index (χ2n) is 10.1. The fraction of sp³-hybridized carbons (Fsp3) is 0.423. The molecule has 0 spiro atoms. The number of carbonyl (C=O) groups is 3. The summed E-state index contributed by atoms with van der Waals surface area (Å²) in [5.74, 6) is -1.01. The Bertz CT molecular complexity index is 1440. The summed E-state index contributed by atoms with van der Waals surface area (Å²) in [7, 11) is -3.07. The third-order valence-electron chi connectivity index (χ3n) is 5.53. The van der Waals surface area contributed by atoms with Gasteiger partial charge in [0.25, 0.3) is 10.0 Å². The summed E-state index contributed by atoms with van der Waals surface area (Å²) in [6.45, 7) is 6.38. The Balaban J connectivity index is 1.52. The second-order valence-corrected chi connectivity index (χ2v) is 11.7. The molecule has 0 saturated heterocycles. The van der Waals surface area contributed by atoms with Crippen LogP contribution in [-0.2, 0) is 33.9 Å². The average Bonchev–Trinajstić information content (AvgIpc) is 3.54. The van der Waals surface area contributed by atoms with E-state index < -0.39 is 45.7 Å². The SMILES string of the molecule is COC(=O)[C@H](CNC(=O)CC1CC(c2ccc(/C(N)=N\C(=O)OC(C)(C)C)cc2)=NO1)NS(=O)(=O)c1ccc(C)o1. The number of ether oxygens (including phenoxy) is 2. The molecule has 222 valence electrons. The molecule has 0 radical (unpaired) electrons. The first-order chi connectivity index (χ1) is 19.2. The summed E-state index contributed by atoms with van der Waals surface area (Å²) in [5.41, 5.74) is 7.03. The standard InChI is InChI=1S/C26H33N5O9S/c1-15-6-11-22(38-15)41(35,36)31-20(24(33)37-5)14-28-21(32)13-18-12-19(30-40-18)16-7-9-17(10-8-16)23(27)29-25(34)39-26(2,3)4/h6-11,18,20,31H,12-14H2,1-5H3,(H,28,32)(H2,27,29,34)/t18?,20-/m0/s1. The van der Waals surface area contributed by atoms with Gasteiger partial charge in [-0.1, -0.05) is 29.4 Å². The number of hydrogen-bond acceptors (Lipinski definition) is 10. The largest absolute Gasteiger partial charge is 0.468 e. The van der Waals surface area contributed by atoms with Gasteiger partial charge >= 0.3 is 12.1 Å². The van der Waals surface area contributed by atoms with Gasteiger partial charge in [0.2, 0.25) is 11.0 Å². The molecule has 0 bridgehead atoms. The number of benzene rings is 1. The molecule has 1 aliphatic rings. The number of nitrogens with zero attached hydrogens (tertiary/aromatic N) is 2. The minimum Gasteiger partial charge on any atom is -0.468 e. The lowest BCUT2D eigenvalue weighted by molar-refractivity contribution is -0.142. The number of furan rings is 1. The van der Waals surface area contributed by atoms with Gasteiger partial charge in [-0.3, -0.25) is 9.59 Å². The molecule has 0 saturated carbocycles. The number of rotatable bonds is 10. The van der Waals surface area contributed by atoms with Gasteiger partial charge in [-0.05, 0) is 45.4 Å². The van der Waals surface area contributed by atoms with Crippen LogP contribution in [0, 0.1) is 6.92 Å². The number of aryl methyl sites for hydroxylation is 1. The number of oxime groups is 1. The molecule has 1 unspecified atom stereocenters. The molecule has 2 heterocycles. The van der Waals surface area contributed by atoms with Crippen molar-refractivity contribution in [2.75, 3.05) is 13.7 Å². The van der Waals surface area contributed by atoms with E-state index in [-0.39, 0.29) is 23.9 Å². The molecule has 41 heavy (non-hydrogen) atoms. The molecule has 1 aromatic carbocycles. The Labute approximate surface area is 237 Å². The minimum atomic E-state index is -4.17. The van der Waals surface area contributed by atoms with E-state index in [4.69, 9.17) is 19.7 Å². The minimum absolute atomic E-state index is 0.00298. The molecule has 0 fully saturated rings. The number of nitrogens with two attached hydrogens (primary N) is 1. The van der Waals surface area contributed by atoms with Crippen LogP contribution >= 0.6 is 0 Å². The Morgan fingerprint density at radius 1 is 1.17 bits per heavy atom. The monoisotopic (exact) mass is 591 g/mol. The van der Waals surface area contributed by atoms with Gasteiger partial charge in [0.15, 0.2) is 0 Å². The maximum absolute atomic E-state index is 12.5. The maximum Gasteiger partial charge on any atom is 0.436 e. The van der Waals surface area contributed by atoms with E-state index in [2.05, 4.69) is 24.9 Å². The van der Waals surface area contributed by atoms with Crippen LogP contribution in [-0.4, -0.2) is 69.3 Å². The van der Waals surface area contributed by atoms with Gasteiger partial charge in [0, 0.05) is 18.5 Å². The summed E-state index contributed by atoms with van der Waals surface area (Å²) in [6.07, 6.45) is -1.16. The summed E-state index contributed by atoms with van der Waals surface area (Å²) in [4.78, 5) is 45.7. The highest BCUT2D eigenvalue weighted by Crippen LogP contribution is 2.20. The van der Waals surface area contributed by atoms with Crippen molar-refractivity contribution in [1.82, 2.24) is 10.0 Å². The molecular formula is C26H33N5O9S. The van der Waals surface area contributed by atoms with Crippen LogP contribution in [0.15, 0.2) is 56.1 Å². The highest BCUT2D eigenvalue weighted by atomic mass is 32.2. The van der Waals surface area contributed by atoms with Crippen molar-refractivity contribution in [3.8, 4) is 0 Å². The average molecular weight is 592 g/mol. The van der Waals surface area contributed by atoms with Crippen molar-refractivity contribution in [2.45, 2.75) is 63.4 Å². The number of methoxy groups -OCH3 is 1. The van der Waals surface area contributed by atoms with Crippen molar-refractivity contribution in [2.24, 2.45) is 15.9 Å². The van der Waals surface area contributed by atoms with E-state index in [0.717, 1.165) is 12.7 Å². The summed E-state index contributed by atoms with van der Waals surface area (Å²) < 4.78 is 42.2. The number of nitrogens with one attached hydrogen (secondary N) is 2.